The molecule has 2 atom stereocenters. The summed E-state index contributed by atoms with van der Waals surface area (Å²) in [6.45, 7) is 7.18. The van der Waals surface area contributed by atoms with E-state index in [0.29, 0.717) is 5.25 Å². The van der Waals surface area contributed by atoms with Crippen LogP contribution in [0.15, 0.2) is 47.5 Å². The molecule has 6 heteroatoms. The quantitative estimate of drug-likeness (QED) is 0.487. The third-order valence-electron chi connectivity index (χ3n) is 5.22. The van der Waals surface area contributed by atoms with Gasteiger partial charge in [0.2, 0.25) is 0 Å². The second-order valence-electron chi connectivity index (χ2n) is 7.72. The summed E-state index contributed by atoms with van der Waals surface area (Å²) in [7, 11) is 0. The molecule has 0 saturated carbocycles. The first kappa shape index (κ1) is 20.8. The summed E-state index contributed by atoms with van der Waals surface area (Å²) < 4.78 is 12.3. The van der Waals surface area contributed by atoms with Crippen LogP contribution in [-0.4, -0.2) is 39.6 Å². The van der Waals surface area contributed by atoms with E-state index in [1.807, 2.05) is 36.4 Å². The molecule has 0 spiro atoms. The van der Waals surface area contributed by atoms with Crippen molar-refractivity contribution in [3.8, 4) is 17.2 Å². The Balaban J connectivity index is 1.67. The number of aryl methyl sites for hydroxylation is 1. The first-order valence-corrected chi connectivity index (χ1v) is 11.3. The molecule has 4 rings (SSSR count). The van der Waals surface area contributed by atoms with E-state index in [1.54, 1.807) is 11.8 Å². The van der Waals surface area contributed by atoms with Crippen molar-refractivity contribution in [1.29, 1.82) is 0 Å². The number of benzene rings is 2. The Morgan fingerprint density at radius 3 is 2.73 bits per heavy atom. The molecular formula is C24H28N2O3S. The minimum atomic E-state index is 0.0988. The Morgan fingerprint density at radius 2 is 2.00 bits per heavy atom. The van der Waals surface area contributed by atoms with Crippen LogP contribution in [0, 0.1) is 6.92 Å². The Morgan fingerprint density at radius 1 is 1.20 bits per heavy atom. The summed E-state index contributed by atoms with van der Waals surface area (Å²) in [5, 5.41) is 11.6. The Labute approximate surface area is 181 Å². The fourth-order valence-electron chi connectivity index (χ4n) is 3.35. The zero-order valence-corrected chi connectivity index (χ0v) is 18.5. The van der Waals surface area contributed by atoms with Gasteiger partial charge in [0.05, 0.1) is 23.9 Å². The van der Waals surface area contributed by atoms with E-state index in [-0.39, 0.29) is 12.7 Å². The van der Waals surface area contributed by atoms with Gasteiger partial charge in [0.15, 0.2) is 0 Å². The number of nitrogens with one attached hydrogen (secondary N) is 1. The number of aliphatic imine (C=N–C) groups is 1. The Kier molecular flexibility index (Phi) is 6.35. The summed E-state index contributed by atoms with van der Waals surface area (Å²) >= 11 is 1.72. The van der Waals surface area contributed by atoms with E-state index >= 15 is 0 Å². The molecule has 158 valence electrons. The van der Waals surface area contributed by atoms with Crippen molar-refractivity contribution in [2.45, 2.75) is 45.0 Å². The van der Waals surface area contributed by atoms with Crippen molar-refractivity contribution in [2.75, 3.05) is 13.2 Å². The summed E-state index contributed by atoms with van der Waals surface area (Å²) in [5.74, 6) is 2.33. The van der Waals surface area contributed by atoms with Crippen molar-refractivity contribution in [1.82, 2.24) is 4.98 Å². The van der Waals surface area contributed by atoms with Crippen molar-refractivity contribution < 1.29 is 14.6 Å². The molecule has 1 aliphatic rings. The molecule has 2 N–H and O–H groups in total. The second-order valence-corrected chi connectivity index (χ2v) is 9.01. The van der Waals surface area contributed by atoms with Crippen LogP contribution in [0.4, 0.5) is 0 Å². The number of ether oxygens (including phenoxy) is 2. The topological polar surface area (TPSA) is 66.8 Å². The van der Waals surface area contributed by atoms with Crippen molar-refractivity contribution in [3.63, 3.8) is 0 Å². The number of aliphatic hydroxyl groups is 1. The van der Waals surface area contributed by atoms with Gasteiger partial charge < -0.3 is 19.6 Å². The van der Waals surface area contributed by atoms with E-state index in [2.05, 4.69) is 36.8 Å². The minimum absolute atomic E-state index is 0.0988. The van der Waals surface area contributed by atoms with Gasteiger partial charge >= 0.3 is 0 Å². The molecule has 2 heterocycles. The zero-order chi connectivity index (χ0) is 21.1. The van der Waals surface area contributed by atoms with Crippen LogP contribution in [0.5, 0.6) is 17.2 Å². The largest absolute Gasteiger partial charge is 0.488 e. The number of fused-ring (bicyclic) bond motifs is 1. The Bertz CT molecular complexity index is 1040. The lowest BCUT2D eigenvalue weighted by Crippen LogP contribution is -2.10. The van der Waals surface area contributed by atoms with Crippen LogP contribution >= 0.6 is 11.8 Å². The lowest BCUT2D eigenvalue weighted by Gasteiger charge is -2.15. The predicted octanol–water partition coefficient (Wildman–Crippen LogP) is 5.69. The summed E-state index contributed by atoms with van der Waals surface area (Å²) in [6.07, 6.45) is 1.78. The molecule has 0 saturated heterocycles. The number of nitrogens with zero attached hydrogens (tertiary/aromatic N) is 1. The van der Waals surface area contributed by atoms with Gasteiger partial charge in [-0.3, -0.25) is 4.99 Å². The van der Waals surface area contributed by atoms with Gasteiger partial charge in [-0.05, 0) is 51.0 Å². The molecule has 1 aromatic heterocycles. The lowest BCUT2D eigenvalue weighted by molar-refractivity contribution is 0.219. The maximum Gasteiger partial charge on any atom is 0.147 e. The van der Waals surface area contributed by atoms with Gasteiger partial charge in [-0.2, -0.15) is 0 Å². The molecule has 0 aliphatic carbocycles. The average Bonchev–Trinajstić information content (AvgIpc) is 3.37. The third-order valence-corrected chi connectivity index (χ3v) is 6.51. The summed E-state index contributed by atoms with van der Waals surface area (Å²) in [6, 6.07) is 14.1. The van der Waals surface area contributed by atoms with Gasteiger partial charge in [0.25, 0.3) is 0 Å². The zero-order valence-electron chi connectivity index (χ0n) is 17.6. The normalized spacial score (nSPS) is 17.2. The van der Waals surface area contributed by atoms with Crippen LogP contribution in [0.2, 0.25) is 0 Å². The number of aliphatic hydroxyl groups excluding tert-OH is 1. The first-order chi connectivity index (χ1) is 14.6. The van der Waals surface area contributed by atoms with E-state index in [9.17, 15) is 5.11 Å². The number of H-pyrrole nitrogens is 1. The van der Waals surface area contributed by atoms with Gasteiger partial charge in [-0.15, -0.1) is 0 Å². The van der Waals surface area contributed by atoms with Gasteiger partial charge in [0, 0.05) is 23.3 Å². The Hall–Kier alpha value is -2.44. The molecule has 0 amide bonds. The van der Waals surface area contributed by atoms with E-state index < -0.39 is 0 Å². The van der Waals surface area contributed by atoms with Crippen molar-refractivity contribution in [2.24, 2.45) is 4.99 Å². The molecule has 5 nitrogen and oxygen atoms in total. The van der Waals surface area contributed by atoms with Crippen LogP contribution in [0.1, 0.15) is 37.9 Å². The SMILES string of the molecule is CCC(C)Oc1cc(Oc2ccc(C)cc2)cc2cc(C3=NCC(CCO)S3)[nH]c12. The van der Waals surface area contributed by atoms with Crippen LogP contribution < -0.4 is 9.47 Å². The standard InChI is InChI=1S/C24H28N2O3S/c1-4-16(3)28-22-13-19(29-18-7-5-15(2)6-8-18)11-17-12-21(26-23(17)22)24-25-14-20(30-24)9-10-27/h5-8,11-13,16,20,26-27H,4,9-10,14H2,1-3H3. The average molecular weight is 425 g/mol. The molecule has 0 radical (unpaired) electrons. The maximum absolute atomic E-state index is 9.21. The highest BCUT2D eigenvalue weighted by molar-refractivity contribution is 8.15. The molecule has 0 fully saturated rings. The molecule has 3 aromatic rings. The van der Waals surface area contributed by atoms with Gasteiger partial charge in [0.1, 0.15) is 22.3 Å². The highest BCUT2D eigenvalue weighted by Crippen LogP contribution is 2.36. The minimum Gasteiger partial charge on any atom is -0.488 e. The molecule has 2 aromatic carbocycles. The van der Waals surface area contributed by atoms with Gasteiger partial charge in [-0.25, -0.2) is 0 Å². The van der Waals surface area contributed by atoms with Crippen LogP contribution in [0.3, 0.4) is 0 Å². The molecule has 30 heavy (non-hydrogen) atoms. The highest BCUT2D eigenvalue weighted by Gasteiger charge is 2.22. The fourth-order valence-corrected chi connectivity index (χ4v) is 4.43. The van der Waals surface area contributed by atoms with Crippen LogP contribution in [-0.2, 0) is 0 Å². The molecular weight excluding hydrogens is 396 g/mol. The van der Waals surface area contributed by atoms with Gasteiger partial charge in [-0.1, -0.05) is 36.4 Å². The van der Waals surface area contributed by atoms with Crippen molar-refractivity contribution in [3.05, 3.63) is 53.7 Å². The van der Waals surface area contributed by atoms with Crippen molar-refractivity contribution >= 4 is 27.7 Å². The van der Waals surface area contributed by atoms with Crippen LogP contribution in [0.25, 0.3) is 10.9 Å². The number of rotatable bonds is 8. The summed E-state index contributed by atoms with van der Waals surface area (Å²) in [5.41, 5.74) is 3.13. The first-order valence-electron chi connectivity index (χ1n) is 10.5. The lowest BCUT2D eigenvalue weighted by atomic mass is 10.2. The second kappa shape index (κ2) is 9.14. The van der Waals surface area contributed by atoms with E-state index in [1.165, 1.54) is 5.56 Å². The monoisotopic (exact) mass is 424 g/mol. The predicted molar refractivity (Wildman–Crippen MR) is 124 cm³/mol. The van der Waals surface area contributed by atoms with E-state index in [4.69, 9.17) is 9.47 Å². The fraction of sp³-hybridized carbons (Fsp3) is 0.375. The number of hydrogen-bond donors (Lipinski definition) is 2. The number of hydrogen-bond acceptors (Lipinski definition) is 5. The number of aromatic amines is 1. The number of aromatic nitrogens is 1. The third kappa shape index (κ3) is 4.65. The summed E-state index contributed by atoms with van der Waals surface area (Å²) in [4.78, 5) is 8.17. The number of thioether (sulfide) groups is 1. The molecule has 2 unspecified atom stereocenters. The highest BCUT2D eigenvalue weighted by atomic mass is 32.2. The van der Waals surface area contributed by atoms with E-state index in [0.717, 1.165) is 58.3 Å². The maximum atomic E-state index is 9.21. The smallest absolute Gasteiger partial charge is 0.147 e. The molecule has 1 aliphatic heterocycles. The molecule has 0 bridgehead atoms.